The molecule has 3 rings (SSSR count). The smallest absolute Gasteiger partial charge is 0.221 e. The summed E-state index contributed by atoms with van der Waals surface area (Å²) in [6, 6.07) is 7.51. The number of rotatable bonds is 5. The van der Waals surface area contributed by atoms with Crippen LogP contribution in [0.5, 0.6) is 0 Å². The number of hydrogen-bond acceptors (Lipinski definition) is 5. The number of carbonyl (C=O) groups is 1. The molecule has 8 heteroatoms. The first kappa shape index (κ1) is 13.2. The second kappa shape index (κ2) is 5.70. The highest BCUT2D eigenvalue weighted by Crippen LogP contribution is 2.11. The molecule has 1 atom stereocenters. The third-order valence-electron chi connectivity index (χ3n) is 3.15. The van der Waals surface area contributed by atoms with Crippen molar-refractivity contribution < 1.29 is 4.79 Å². The van der Waals surface area contributed by atoms with Crippen molar-refractivity contribution in [2.24, 2.45) is 0 Å². The van der Waals surface area contributed by atoms with E-state index in [1.54, 1.807) is 0 Å². The molecule has 108 valence electrons. The van der Waals surface area contributed by atoms with Gasteiger partial charge in [0.2, 0.25) is 5.91 Å². The van der Waals surface area contributed by atoms with Crippen molar-refractivity contribution in [3.05, 3.63) is 35.9 Å². The quantitative estimate of drug-likeness (QED) is 0.644. The molecule has 0 saturated carbocycles. The lowest BCUT2D eigenvalue weighted by atomic mass is 10.2. The molecule has 8 nitrogen and oxygen atoms in total. The fourth-order valence-corrected chi connectivity index (χ4v) is 2.09. The van der Waals surface area contributed by atoms with Crippen molar-refractivity contribution in [3.8, 4) is 0 Å². The van der Waals surface area contributed by atoms with Crippen molar-refractivity contribution in [3.63, 3.8) is 0 Å². The highest BCUT2D eigenvalue weighted by molar-refractivity contribution is 5.77. The van der Waals surface area contributed by atoms with Crippen molar-refractivity contribution in [2.75, 3.05) is 0 Å². The summed E-state index contributed by atoms with van der Waals surface area (Å²) < 4.78 is 0. The molecule has 0 fully saturated rings. The van der Waals surface area contributed by atoms with E-state index in [4.69, 9.17) is 0 Å². The van der Waals surface area contributed by atoms with E-state index in [9.17, 15) is 4.79 Å². The van der Waals surface area contributed by atoms with Crippen LogP contribution in [-0.4, -0.2) is 36.5 Å². The standard InChI is InChI=1S/C13H15N7O/c1-8(13-17-19-20-18-13)14-12(21)7-6-11-15-9-4-2-3-5-10(9)16-11/h2-5,8H,6-7H2,1H3,(H,14,21)(H,15,16)(H,17,18,19,20). The number of benzene rings is 1. The van der Waals surface area contributed by atoms with Crippen LogP contribution in [0.15, 0.2) is 24.3 Å². The van der Waals surface area contributed by atoms with Gasteiger partial charge in [-0.25, -0.2) is 4.98 Å². The highest BCUT2D eigenvalue weighted by Gasteiger charge is 2.13. The molecular formula is C13H15N7O. The van der Waals surface area contributed by atoms with Gasteiger partial charge in [-0.2, -0.15) is 5.21 Å². The third-order valence-corrected chi connectivity index (χ3v) is 3.15. The lowest BCUT2D eigenvalue weighted by molar-refractivity contribution is -0.121. The molecule has 1 amide bonds. The molecule has 0 aliphatic heterocycles. The van der Waals surface area contributed by atoms with E-state index >= 15 is 0 Å². The van der Waals surface area contributed by atoms with E-state index in [1.807, 2.05) is 31.2 Å². The minimum absolute atomic E-state index is 0.0762. The summed E-state index contributed by atoms with van der Waals surface area (Å²) in [6.07, 6.45) is 0.904. The predicted molar refractivity (Wildman–Crippen MR) is 75.2 cm³/mol. The van der Waals surface area contributed by atoms with E-state index in [-0.39, 0.29) is 11.9 Å². The van der Waals surface area contributed by atoms with Gasteiger partial charge in [0.25, 0.3) is 0 Å². The summed E-state index contributed by atoms with van der Waals surface area (Å²) in [5.74, 6) is 1.19. The fourth-order valence-electron chi connectivity index (χ4n) is 2.09. The molecule has 1 unspecified atom stereocenters. The van der Waals surface area contributed by atoms with Gasteiger partial charge in [-0.1, -0.05) is 17.3 Å². The number of para-hydroxylation sites is 2. The Balaban J connectivity index is 1.56. The Kier molecular flexibility index (Phi) is 3.59. The molecule has 2 heterocycles. The predicted octanol–water partition coefficient (Wildman–Crippen LogP) is 0.886. The Morgan fingerprint density at radius 3 is 3.00 bits per heavy atom. The number of imidazole rings is 1. The zero-order valence-electron chi connectivity index (χ0n) is 11.5. The largest absolute Gasteiger partial charge is 0.346 e. The van der Waals surface area contributed by atoms with Gasteiger partial charge in [0, 0.05) is 12.8 Å². The number of aromatic amines is 2. The Hall–Kier alpha value is -2.77. The maximum atomic E-state index is 11.9. The van der Waals surface area contributed by atoms with E-state index < -0.39 is 0 Å². The molecular weight excluding hydrogens is 270 g/mol. The van der Waals surface area contributed by atoms with Gasteiger partial charge in [-0.3, -0.25) is 4.79 Å². The lowest BCUT2D eigenvalue weighted by Crippen LogP contribution is -2.27. The van der Waals surface area contributed by atoms with Gasteiger partial charge in [0.15, 0.2) is 5.82 Å². The second-order valence-corrected chi connectivity index (χ2v) is 4.76. The minimum atomic E-state index is -0.271. The van der Waals surface area contributed by atoms with Crippen LogP contribution in [0.1, 0.15) is 31.0 Å². The summed E-state index contributed by atoms with van der Waals surface area (Å²) in [5, 5.41) is 16.3. The number of aryl methyl sites for hydroxylation is 1. The molecule has 3 aromatic rings. The maximum Gasteiger partial charge on any atom is 0.221 e. The summed E-state index contributed by atoms with van der Waals surface area (Å²) in [6.45, 7) is 1.81. The summed E-state index contributed by atoms with van der Waals surface area (Å²) in [7, 11) is 0. The van der Waals surface area contributed by atoms with Crippen molar-refractivity contribution >= 4 is 16.9 Å². The van der Waals surface area contributed by atoms with Crippen molar-refractivity contribution in [2.45, 2.75) is 25.8 Å². The molecule has 0 saturated heterocycles. The number of fused-ring (bicyclic) bond motifs is 1. The monoisotopic (exact) mass is 285 g/mol. The van der Waals surface area contributed by atoms with E-state index in [0.717, 1.165) is 16.9 Å². The van der Waals surface area contributed by atoms with E-state index in [0.29, 0.717) is 18.7 Å². The maximum absolute atomic E-state index is 11.9. The van der Waals surface area contributed by atoms with Crippen LogP contribution < -0.4 is 5.32 Å². The van der Waals surface area contributed by atoms with E-state index in [2.05, 4.69) is 35.9 Å². The molecule has 0 bridgehead atoms. The topological polar surface area (TPSA) is 112 Å². The fraction of sp³-hybridized carbons (Fsp3) is 0.308. The molecule has 0 aliphatic carbocycles. The Morgan fingerprint density at radius 1 is 1.38 bits per heavy atom. The molecule has 0 aliphatic rings. The number of nitrogens with zero attached hydrogens (tertiary/aromatic N) is 4. The highest BCUT2D eigenvalue weighted by atomic mass is 16.1. The Labute approximate surface area is 120 Å². The number of H-pyrrole nitrogens is 2. The first-order chi connectivity index (χ1) is 10.2. The minimum Gasteiger partial charge on any atom is -0.346 e. The molecule has 2 aromatic heterocycles. The van der Waals surface area contributed by atoms with Crippen LogP contribution in [-0.2, 0) is 11.2 Å². The number of amides is 1. The zero-order valence-corrected chi connectivity index (χ0v) is 11.5. The van der Waals surface area contributed by atoms with Crippen molar-refractivity contribution in [1.29, 1.82) is 0 Å². The van der Waals surface area contributed by atoms with E-state index in [1.165, 1.54) is 0 Å². The number of hydrogen-bond donors (Lipinski definition) is 3. The lowest BCUT2D eigenvalue weighted by Gasteiger charge is -2.09. The SMILES string of the molecule is CC(NC(=O)CCc1nc2ccccc2[nH]1)c1nn[nH]n1. The van der Waals surface area contributed by atoms with Crippen LogP contribution in [0, 0.1) is 0 Å². The van der Waals surface area contributed by atoms with Gasteiger partial charge in [0.1, 0.15) is 5.82 Å². The molecule has 3 N–H and O–H groups in total. The molecule has 21 heavy (non-hydrogen) atoms. The summed E-state index contributed by atoms with van der Waals surface area (Å²) in [4.78, 5) is 19.5. The van der Waals surface area contributed by atoms with Crippen molar-refractivity contribution in [1.82, 2.24) is 35.9 Å². The van der Waals surface area contributed by atoms with Gasteiger partial charge in [0.05, 0.1) is 17.1 Å². The number of aromatic nitrogens is 6. The number of nitrogens with one attached hydrogen (secondary N) is 3. The van der Waals surface area contributed by atoms with Crippen LogP contribution in [0.3, 0.4) is 0 Å². The summed E-state index contributed by atoms with van der Waals surface area (Å²) >= 11 is 0. The van der Waals surface area contributed by atoms with Gasteiger partial charge in [-0.15, -0.1) is 10.2 Å². The van der Waals surface area contributed by atoms with Gasteiger partial charge < -0.3 is 10.3 Å². The second-order valence-electron chi connectivity index (χ2n) is 4.76. The zero-order chi connectivity index (χ0) is 14.7. The average Bonchev–Trinajstić information content (AvgIpc) is 3.14. The van der Waals surface area contributed by atoms with Crippen LogP contribution in [0.25, 0.3) is 11.0 Å². The first-order valence-corrected chi connectivity index (χ1v) is 6.68. The normalized spacial score (nSPS) is 12.4. The van der Waals surface area contributed by atoms with Gasteiger partial charge >= 0.3 is 0 Å². The van der Waals surface area contributed by atoms with Crippen LogP contribution >= 0.6 is 0 Å². The third kappa shape index (κ3) is 3.04. The molecule has 0 radical (unpaired) electrons. The number of tetrazole rings is 1. The Morgan fingerprint density at radius 2 is 2.24 bits per heavy atom. The number of carbonyl (C=O) groups excluding carboxylic acids is 1. The Bertz CT molecular complexity index is 701. The van der Waals surface area contributed by atoms with Gasteiger partial charge in [-0.05, 0) is 19.1 Å². The first-order valence-electron chi connectivity index (χ1n) is 6.68. The molecule has 1 aromatic carbocycles. The average molecular weight is 285 g/mol. The van der Waals surface area contributed by atoms with Crippen LogP contribution in [0.4, 0.5) is 0 Å². The summed E-state index contributed by atoms with van der Waals surface area (Å²) in [5.41, 5.74) is 1.89. The molecule has 0 spiro atoms. The van der Waals surface area contributed by atoms with Crippen LogP contribution in [0.2, 0.25) is 0 Å².